The summed E-state index contributed by atoms with van der Waals surface area (Å²) < 4.78 is 0. The molecule has 1 saturated heterocycles. The standard InChI is InChI=1S/C13H24N4/c1-13(2)10-14-7-5-11(13)15-6-3-4-12-16-8-9-17-12/h8-9,11,14-15H,3-7,10H2,1-2H3,(H,16,17). The summed E-state index contributed by atoms with van der Waals surface area (Å²) in [6.45, 7) is 8.00. The van der Waals surface area contributed by atoms with Crippen LogP contribution >= 0.6 is 0 Å². The lowest BCUT2D eigenvalue weighted by molar-refractivity contribution is 0.185. The number of aromatic nitrogens is 2. The molecule has 0 amide bonds. The van der Waals surface area contributed by atoms with Crippen LogP contribution in [0, 0.1) is 5.41 Å². The van der Waals surface area contributed by atoms with Gasteiger partial charge in [-0.05, 0) is 31.3 Å². The van der Waals surface area contributed by atoms with Crippen molar-refractivity contribution in [2.75, 3.05) is 19.6 Å². The Kier molecular flexibility index (Phi) is 4.18. The molecule has 1 aliphatic rings. The minimum absolute atomic E-state index is 0.364. The van der Waals surface area contributed by atoms with E-state index in [1.54, 1.807) is 0 Å². The number of imidazole rings is 1. The van der Waals surface area contributed by atoms with Crippen molar-refractivity contribution in [1.82, 2.24) is 20.6 Å². The number of aryl methyl sites for hydroxylation is 1. The fraction of sp³-hybridized carbons (Fsp3) is 0.769. The smallest absolute Gasteiger partial charge is 0.106 e. The first-order valence-corrected chi connectivity index (χ1v) is 6.61. The molecular weight excluding hydrogens is 212 g/mol. The summed E-state index contributed by atoms with van der Waals surface area (Å²) in [7, 11) is 0. The van der Waals surface area contributed by atoms with Crippen LogP contribution in [0.1, 0.15) is 32.5 Å². The van der Waals surface area contributed by atoms with Gasteiger partial charge in [-0.25, -0.2) is 4.98 Å². The zero-order valence-corrected chi connectivity index (χ0v) is 10.9. The summed E-state index contributed by atoms with van der Waals surface area (Å²) in [5, 5.41) is 7.16. The van der Waals surface area contributed by atoms with Crippen molar-refractivity contribution in [1.29, 1.82) is 0 Å². The van der Waals surface area contributed by atoms with Gasteiger partial charge in [-0.3, -0.25) is 0 Å². The summed E-state index contributed by atoms with van der Waals surface area (Å²) in [5.74, 6) is 1.09. The zero-order chi connectivity index (χ0) is 12.1. The van der Waals surface area contributed by atoms with Gasteiger partial charge in [0, 0.05) is 31.4 Å². The van der Waals surface area contributed by atoms with E-state index >= 15 is 0 Å². The minimum Gasteiger partial charge on any atom is -0.349 e. The molecule has 0 bridgehead atoms. The molecule has 0 aromatic carbocycles. The Morgan fingerprint density at radius 3 is 3.12 bits per heavy atom. The molecule has 1 aromatic rings. The van der Waals surface area contributed by atoms with Crippen molar-refractivity contribution in [3.05, 3.63) is 18.2 Å². The molecule has 4 heteroatoms. The fourth-order valence-corrected chi connectivity index (χ4v) is 2.52. The minimum atomic E-state index is 0.364. The Labute approximate surface area is 104 Å². The molecule has 1 atom stereocenters. The summed E-state index contributed by atoms with van der Waals surface area (Å²) in [6.07, 6.45) is 7.12. The summed E-state index contributed by atoms with van der Waals surface area (Å²) in [6, 6.07) is 0.639. The van der Waals surface area contributed by atoms with Crippen molar-refractivity contribution in [2.45, 2.75) is 39.2 Å². The molecule has 0 radical (unpaired) electrons. The number of piperidine rings is 1. The van der Waals surface area contributed by atoms with E-state index in [2.05, 4.69) is 34.4 Å². The van der Waals surface area contributed by atoms with Crippen LogP contribution in [0.4, 0.5) is 0 Å². The van der Waals surface area contributed by atoms with Crippen LogP contribution in [0.25, 0.3) is 0 Å². The van der Waals surface area contributed by atoms with Gasteiger partial charge in [0.05, 0.1) is 0 Å². The lowest BCUT2D eigenvalue weighted by atomic mass is 9.80. The van der Waals surface area contributed by atoms with Gasteiger partial charge < -0.3 is 15.6 Å². The van der Waals surface area contributed by atoms with Gasteiger partial charge in [-0.1, -0.05) is 13.8 Å². The summed E-state index contributed by atoms with van der Waals surface area (Å²) in [4.78, 5) is 7.38. The molecule has 2 rings (SSSR count). The van der Waals surface area contributed by atoms with Gasteiger partial charge in [0.2, 0.25) is 0 Å². The average molecular weight is 236 g/mol. The molecule has 0 spiro atoms. The first kappa shape index (κ1) is 12.6. The SMILES string of the molecule is CC1(C)CNCCC1NCCCc1ncc[nH]1. The lowest BCUT2D eigenvalue weighted by Crippen LogP contribution is -2.53. The zero-order valence-electron chi connectivity index (χ0n) is 10.9. The average Bonchev–Trinajstić information content (AvgIpc) is 2.79. The van der Waals surface area contributed by atoms with Gasteiger partial charge in [0.25, 0.3) is 0 Å². The first-order valence-electron chi connectivity index (χ1n) is 6.61. The van der Waals surface area contributed by atoms with Crippen LogP contribution in [0.3, 0.4) is 0 Å². The van der Waals surface area contributed by atoms with E-state index in [9.17, 15) is 0 Å². The van der Waals surface area contributed by atoms with E-state index in [1.807, 2.05) is 12.4 Å². The number of rotatable bonds is 5. The topological polar surface area (TPSA) is 52.7 Å². The largest absolute Gasteiger partial charge is 0.349 e. The van der Waals surface area contributed by atoms with Gasteiger partial charge >= 0.3 is 0 Å². The van der Waals surface area contributed by atoms with Crippen LogP contribution in [0.5, 0.6) is 0 Å². The maximum atomic E-state index is 4.24. The van der Waals surface area contributed by atoms with Crippen LogP contribution in [0.2, 0.25) is 0 Å². The molecule has 2 heterocycles. The third kappa shape index (κ3) is 3.54. The normalized spacial score (nSPS) is 23.8. The molecular formula is C13H24N4. The predicted octanol–water partition coefficient (Wildman–Crippen LogP) is 1.32. The molecule has 96 valence electrons. The highest BCUT2D eigenvalue weighted by molar-refractivity contribution is 4.91. The molecule has 1 aromatic heterocycles. The van der Waals surface area contributed by atoms with E-state index < -0.39 is 0 Å². The van der Waals surface area contributed by atoms with Crippen molar-refractivity contribution >= 4 is 0 Å². The maximum Gasteiger partial charge on any atom is 0.106 e. The summed E-state index contributed by atoms with van der Waals surface area (Å²) >= 11 is 0. The predicted molar refractivity (Wildman–Crippen MR) is 70.0 cm³/mol. The Balaban J connectivity index is 1.67. The van der Waals surface area contributed by atoms with Gasteiger partial charge in [0.15, 0.2) is 0 Å². The second kappa shape index (κ2) is 5.65. The van der Waals surface area contributed by atoms with Gasteiger partial charge in [-0.15, -0.1) is 0 Å². The Bertz CT molecular complexity index is 318. The lowest BCUT2D eigenvalue weighted by Gasteiger charge is -2.39. The number of nitrogens with zero attached hydrogens (tertiary/aromatic N) is 1. The van der Waals surface area contributed by atoms with Crippen molar-refractivity contribution in [3.63, 3.8) is 0 Å². The van der Waals surface area contributed by atoms with E-state index in [-0.39, 0.29) is 0 Å². The number of aromatic amines is 1. The Morgan fingerprint density at radius 2 is 2.41 bits per heavy atom. The van der Waals surface area contributed by atoms with Crippen LogP contribution in [0.15, 0.2) is 12.4 Å². The van der Waals surface area contributed by atoms with E-state index in [4.69, 9.17) is 0 Å². The molecule has 1 unspecified atom stereocenters. The quantitative estimate of drug-likeness (QED) is 0.676. The number of nitrogens with one attached hydrogen (secondary N) is 3. The van der Waals surface area contributed by atoms with Crippen LogP contribution < -0.4 is 10.6 Å². The first-order chi connectivity index (χ1) is 8.18. The molecule has 1 fully saturated rings. The van der Waals surface area contributed by atoms with Crippen molar-refractivity contribution in [2.24, 2.45) is 5.41 Å². The van der Waals surface area contributed by atoms with E-state index in [0.717, 1.165) is 38.3 Å². The van der Waals surface area contributed by atoms with Crippen LogP contribution in [-0.4, -0.2) is 35.6 Å². The van der Waals surface area contributed by atoms with E-state index in [1.165, 1.54) is 6.42 Å². The van der Waals surface area contributed by atoms with E-state index in [0.29, 0.717) is 11.5 Å². The fourth-order valence-electron chi connectivity index (χ4n) is 2.52. The molecule has 0 aliphatic carbocycles. The maximum absolute atomic E-state index is 4.24. The van der Waals surface area contributed by atoms with Gasteiger partial charge in [0.1, 0.15) is 5.82 Å². The molecule has 17 heavy (non-hydrogen) atoms. The van der Waals surface area contributed by atoms with Crippen molar-refractivity contribution in [3.8, 4) is 0 Å². The number of H-pyrrole nitrogens is 1. The Hall–Kier alpha value is -0.870. The highest BCUT2D eigenvalue weighted by Gasteiger charge is 2.31. The monoisotopic (exact) mass is 236 g/mol. The molecule has 0 saturated carbocycles. The third-order valence-corrected chi connectivity index (χ3v) is 3.67. The third-order valence-electron chi connectivity index (χ3n) is 3.67. The van der Waals surface area contributed by atoms with Gasteiger partial charge in [-0.2, -0.15) is 0 Å². The number of hydrogen-bond acceptors (Lipinski definition) is 3. The van der Waals surface area contributed by atoms with Crippen LogP contribution in [-0.2, 0) is 6.42 Å². The summed E-state index contributed by atoms with van der Waals surface area (Å²) in [5.41, 5.74) is 0.364. The number of hydrogen-bond donors (Lipinski definition) is 3. The highest BCUT2D eigenvalue weighted by Crippen LogP contribution is 2.24. The van der Waals surface area contributed by atoms with Crippen molar-refractivity contribution < 1.29 is 0 Å². The molecule has 1 aliphatic heterocycles. The second-order valence-corrected chi connectivity index (χ2v) is 5.60. The molecule has 4 nitrogen and oxygen atoms in total. The highest BCUT2D eigenvalue weighted by atomic mass is 15.0. The second-order valence-electron chi connectivity index (χ2n) is 5.60. The molecule has 3 N–H and O–H groups in total. The Morgan fingerprint density at radius 1 is 1.53 bits per heavy atom.